The molecule has 0 spiro atoms. The van der Waals surface area contributed by atoms with Crippen molar-refractivity contribution in [2.24, 2.45) is 0 Å². The second-order valence-corrected chi connectivity index (χ2v) is 4.72. The van der Waals surface area contributed by atoms with Gasteiger partial charge in [-0.1, -0.05) is 6.07 Å². The van der Waals surface area contributed by atoms with E-state index < -0.39 is 0 Å². The Hall–Kier alpha value is -2.04. The van der Waals surface area contributed by atoms with Crippen molar-refractivity contribution >= 4 is 17.6 Å². The molecule has 0 aliphatic carbocycles. The number of ether oxygens (including phenoxy) is 1. The van der Waals surface area contributed by atoms with Crippen molar-refractivity contribution in [3.05, 3.63) is 29.3 Å². The Balaban J connectivity index is 2.22. The first-order valence-electron chi connectivity index (χ1n) is 6.24. The molecule has 1 saturated heterocycles. The fourth-order valence-electron chi connectivity index (χ4n) is 2.27. The fourth-order valence-corrected chi connectivity index (χ4v) is 2.27. The number of rotatable bonds is 3. The predicted molar refractivity (Wildman–Crippen MR) is 72.2 cm³/mol. The minimum atomic E-state index is -0.365. The predicted octanol–water partition coefficient (Wildman–Crippen LogP) is 1.42. The summed E-state index contributed by atoms with van der Waals surface area (Å²) < 4.78 is 4.74. The molecular weight excluding hydrogens is 244 g/mol. The van der Waals surface area contributed by atoms with Crippen LogP contribution >= 0.6 is 0 Å². The maximum Gasteiger partial charge on any atom is 0.338 e. The minimum absolute atomic E-state index is 0.0860. The lowest BCUT2D eigenvalue weighted by atomic mass is 10.1. The average Bonchev–Trinajstić information content (AvgIpc) is 2.72. The third-order valence-corrected chi connectivity index (χ3v) is 3.50. The van der Waals surface area contributed by atoms with Crippen LogP contribution < -0.4 is 5.32 Å². The van der Waals surface area contributed by atoms with Crippen molar-refractivity contribution in [3.8, 4) is 0 Å². The number of hydrogen-bond donors (Lipinski definition) is 1. The van der Waals surface area contributed by atoms with Crippen LogP contribution in [0.5, 0.6) is 0 Å². The summed E-state index contributed by atoms with van der Waals surface area (Å²) in [7, 11) is 3.15. The van der Waals surface area contributed by atoms with Gasteiger partial charge in [-0.2, -0.15) is 0 Å². The normalized spacial score (nSPS) is 18.6. The Morgan fingerprint density at radius 2 is 2.21 bits per heavy atom. The first kappa shape index (κ1) is 13.4. The molecule has 1 aliphatic rings. The molecule has 0 saturated carbocycles. The second kappa shape index (κ2) is 5.30. The standard InChI is InChI=1S/C14H18N2O3/c1-9-10(14(18)19-3)5-4-6-11(9)15-12-7-8-16(2)13(12)17/h4-6,12,15H,7-8H2,1-3H3/t12-/m0/s1. The van der Waals surface area contributed by atoms with Crippen LogP contribution in [-0.4, -0.2) is 43.5 Å². The van der Waals surface area contributed by atoms with Crippen LogP contribution in [0.25, 0.3) is 0 Å². The van der Waals surface area contributed by atoms with Crippen molar-refractivity contribution in [2.75, 3.05) is 26.0 Å². The molecule has 1 N–H and O–H groups in total. The molecular formula is C14H18N2O3. The maximum absolute atomic E-state index is 11.9. The number of methoxy groups -OCH3 is 1. The van der Waals surface area contributed by atoms with Gasteiger partial charge in [0.1, 0.15) is 6.04 Å². The van der Waals surface area contributed by atoms with Gasteiger partial charge in [-0.3, -0.25) is 4.79 Å². The van der Waals surface area contributed by atoms with Gasteiger partial charge >= 0.3 is 5.97 Å². The van der Waals surface area contributed by atoms with Gasteiger partial charge in [0.15, 0.2) is 0 Å². The molecule has 1 heterocycles. The smallest absolute Gasteiger partial charge is 0.338 e. The zero-order valence-corrected chi connectivity index (χ0v) is 11.4. The summed E-state index contributed by atoms with van der Waals surface area (Å²) in [5.74, 6) is -0.279. The van der Waals surface area contributed by atoms with Gasteiger partial charge in [0.2, 0.25) is 5.91 Å². The highest BCUT2D eigenvalue weighted by Gasteiger charge is 2.29. The van der Waals surface area contributed by atoms with Crippen molar-refractivity contribution in [1.82, 2.24) is 4.90 Å². The SMILES string of the molecule is COC(=O)c1cccc(N[C@H]2CCN(C)C2=O)c1C. The van der Waals surface area contributed by atoms with E-state index >= 15 is 0 Å². The summed E-state index contributed by atoms with van der Waals surface area (Å²) in [6.45, 7) is 2.60. The topological polar surface area (TPSA) is 58.6 Å². The van der Waals surface area contributed by atoms with Gasteiger partial charge in [-0.05, 0) is 31.0 Å². The van der Waals surface area contributed by atoms with Gasteiger partial charge in [0.05, 0.1) is 12.7 Å². The molecule has 102 valence electrons. The number of nitrogens with zero attached hydrogens (tertiary/aromatic N) is 1. The summed E-state index contributed by atoms with van der Waals surface area (Å²) in [6.07, 6.45) is 0.775. The molecule has 1 aromatic carbocycles. The summed E-state index contributed by atoms with van der Waals surface area (Å²) in [6, 6.07) is 5.16. The van der Waals surface area contributed by atoms with E-state index in [-0.39, 0.29) is 17.9 Å². The number of hydrogen-bond acceptors (Lipinski definition) is 4. The molecule has 5 heteroatoms. The monoisotopic (exact) mass is 262 g/mol. The molecule has 0 bridgehead atoms. The summed E-state index contributed by atoms with van der Waals surface area (Å²) >= 11 is 0. The number of carbonyl (C=O) groups is 2. The molecule has 19 heavy (non-hydrogen) atoms. The molecule has 1 fully saturated rings. The van der Waals surface area contributed by atoms with Crippen LogP contribution in [0.4, 0.5) is 5.69 Å². The Morgan fingerprint density at radius 3 is 2.79 bits per heavy atom. The maximum atomic E-state index is 11.9. The Kier molecular flexibility index (Phi) is 3.74. The Bertz CT molecular complexity index is 513. The van der Waals surface area contributed by atoms with Gasteiger partial charge in [0, 0.05) is 19.3 Å². The number of benzene rings is 1. The van der Waals surface area contributed by atoms with Crippen LogP contribution in [0.2, 0.25) is 0 Å². The number of carbonyl (C=O) groups excluding carboxylic acids is 2. The molecule has 2 rings (SSSR count). The Labute approximate surface area is 112 Å². The fraction of sp³-hybridized carbons (Fsp3) is 0.429. The van der Waals surface area contributed by atoms with E-state index in [2.05, 4.69) is 5.32 Å². The number of likely N-dealkylation sites (N-methyl/N-ethyl adjacent to an activating group) is 1. The summed E-state index contributed by atoms with van der Waals surface area (Å²) in [4.78, 5) is 25.2. The lowest BCUT2D eigenvalue weighted by Crippen LogP contribution is -2.31. The molecule has 1 atom stereocenters. The van der Waals surface area contributed by atoms with Crippen LogP contribution in [0.3, 0.4) is 0 Å². The molecule has 5 nitrogen and oxygen atoms in total. The van der Waals surface area contributed by atoms with Crippen molar-refractivity contribution < 1.29 is 14.3 Å². The first-order valence-corrected chi connectivity index (χ1v) is 6.24. The van der Waals surface area contributed by atoms with Crippen molar-refractivity contribution in [1.29, 1.82) is 0 Å². The number of nitrogens with one attached hydrogen (secondary N) is 1. The van der Waals surface area contributed by atoms with Gasteiger partial charge in [0.25, 0.3) is 0 Å². The largest absolute Gasteiger partial charge is 0.465 e. The van der Waals surface area contributed by atoms with Crippen LogP contribution in [0, 0.1) is 6.92 Å². The quantitative estimate of drug-likeness (QED) is 0.837. The molecule has 0 radical (unpaired) electrons. The number of anilines is 1. The number of amides is 1. The van der Waals surface area contributed by atoms with Crippen molar-refractivity contribution in [3.63, 3.8) is 0 Å². The van der Waals surface area contributed by atoms with Crippen LogP contribution in [0.1, 0.15) is 22.3 Å². The third-order valence-electron chi connectivity index (χ3n) is 3.50. The zero-order chi connectivity index (χ0) is 14.0. The van der Waals surface area contributed by atoms with E-state index in [4.69, 9.17) is 4.74 Å². The van der Waals surface area contributed by atoms with Gasteiger partial charge in [-0.15, -0.1) is 0 Å². The summed E-state index contributed by atoms with van der Waals surface area (Å²) in [5, 5.41) is 3.21. The van der Waals surface area contributed by atoms with E-state index in [1.54, 1.807) is 24.1 Å². The molecule has 1 aromatic rings. The highest BCUT2D eigenvalue weighted by Crippen LogP contribution is 2.23. The molecule has 0 aromatic heterocycles. The number of likely N-dealkylation sites (tertiary alicyclic amines) is 1. The van der Waals surface area contributed by atoms with E-state index in [0.29, 0.717) is 5.56 Å². The zero-order valence-electron chi connectivity index (χ0n) is 11.4. The van der Waals surface area contributed by atoms with E-state index in [1.807, 2.05) is 13.0 Å². The highest BCUT2D eigenvalue weighted by molar-refractivity contribution is 5.93. The van der Waals surface area contributed by atoms with Gasteiger partial charge < -0.3 is 15.0 Å². The minimum Gasteiger partial charge on any atom is -0.465 e. The third kappa shape index (κ3) is 2.54. The number of esters is 1. The van der Waals surface area contributed by atoms with E-state index in [1.165, 1.54) is 7.11 Å². The lowest BCUT2D eigenvalue weighted by molar-refractivity contribution is -0.127. The van der Waals surface area contributed by atoms with Crippen molar-refractivity contribution in [2.45, 2.75) is 19.4 Å². The molecule has 0 unspecified atom stereocenters. The lowest BCUT2D eigenvalue weighted by Gasteiger charge is -2.16. The molecule has 1 amide bonds. The molecule has 1 aliphatic heterocycles. The van der Waals surface area contributed by atoms with Gasteiger partial charge in [-0.25, -0.2) is 4.79 Å². The van der Waals surface area contributed by atoms with E-state index in [9.17, 15) is 9.59 Å². The van der Waals surface area contributed by atoms with Crippen LogP contribution in [-0.2, 0) is 9.53 Å². The second-order valence-electron chi connectivity index (χ2n) is 4.72. The average molecular weight is 262 g/mol. The first-order chi connectivity index (χ1) is 9.04. The summed E-state index contributed by atoms with van der Waals surface area (Å²) in [5.41, 5.74) is 2.12. The Morgan fingerprint density at radius 1 is 1.47 bits per heavy atom. The van der Waals surface area contributed by atoms with E-state index in [0.717, 1.165) is 24.2 Å². The van der Waals surface area contributed by atoms with Crippen LogP contribution in [0.15, 0.2) is 18.2 Å². The highest BCUT2D eigenvalue weighted by atomic mass is 16.5.